The second-order valence-electron chi connectivity index (χ2n) is 5.42. The second-order valence-corrected chi connectivity index (χ2v) is 5.42. The molecule has 1 heterocycles. The number of likely N-dealkylation sites (tertiary alicyclic amines) is 1. The molecule has 18 heavy (non-hydrogen) atoms. The van der Waals surface area contributed by atoms with Crippen molar-refractivity contribution in [3.8, 4) is 0 Å². The number of aliphatic carboxylic acids is 1. The third-order valence-electron chi connectivity index (χ3n) is 3.68. The summed E-state index contributed by atoms with van der Waals surface area (Å²) in [5.41, 5.74) is 0. The van der Waals surface area contributed by atoms with E-state index in [2.05, 4.69) is 5.32 Å². The molecule has 0 bridgehead atoms. The molecule has 2 fully saturated rings. The molecule has 1 saturated heterocycles. The molecule has 1 amide bonds. The van der Waals surface area contributed by atoms with Crippen LogP contribution in [0.2, 0.25) is 0 Å². The van der Waals surface area contributed by atoms with E-state index in [9.17, 15) is 9.59 Å². The number of carbonyl (C=O) groups is 2. The summed E-state index contributed by atoms with van der Waals surface area (Å²) >= 11 is 0. The van der Waals surface area contributed by atoms with Gasteiger partial charge in [-0.15, -0.1) is 0 Å². The molecule has 5 heteroatoms. The molecule has 2 N–H and O–H groups in total. The number of amides is 1. The molecule has 1 saturated carbocycles. The highest BCUT2D eigenvalue weighted by Crippen LogP contribution is 2.21. The van der Waals surface area contributed by atoms with E-state index in [4.69, 9.17) is 5.11 Å². The van der Waals surface area contributed by atoms with Crippen molar-refractivity contribution in [2.45, 2.75) is 44.6 Å². The molecule has 0 aromatic rings. The Kier molecular flexibility index (Phi) is 4.58. The van der Waals surface area contributed by atoms with Gasteiger partial charge in [-0.1, -0.05) is 0 Å². The molecule has 5 nitrogen and oxygen atoms in total. The quantitative estimate of drug-likeness (QED) is 0.737. The third-order valence-corrected chi connectivity index (χ3v) is 3.68. The van der Waals surface area contributed by atoms with E-state index in [1.807, 2.05) is 4.90 Å². The van der Waals surface area contributed by atoms with Crippen molar-refractivity contribution in [2.24, 2.45) is 5.92 Å². The van der Waals surface area contributed by atoms with Crippen LogP contribution in [-0.2, 0) is 9.59 Å². The predicted molar refractivity (Wildman–Crippen MR) is 67.2 cm³/mol. The van der Waals surface area contributed by atoms with Gasteiger partial charge in [0.15, 0.2) is 0 Å². The minimum absolute atomic E-state index is 0.136. The van der Waals surface area contributed by atoms with Crippen LogP contribution < -0.4 is 5.32 Å². The van der Waals surface area contributed by atoms with Gasteiger partial charge < -0.3 is 15.3 Å². The Morgan fingerprint density at radius 1 is 1.28 bits per heavy atom. The maximum absolute atomic E-state index is 12.0. The summed E-state index contributed by atoms with van der Waals surface area (Å²) in [6, 6.07) is 0.638. The zero-order valence-electron chi connectivity index (χ0n) is 10.7. The molecule has 0 aromatic heterocycles. The molecule has 0 radical (unpaired) electrons. The van der Waals surface area contributed by atoms with Crippen molar-refractivity contribution in [2.75, 3.05) is 19.6 Å². The van der Waals surface area contributed by atoms with Gasteiger partial charge in [-0.25, -0.2) is 0 Å². The van der Waals surface area contributed by atoms with E-state index in [0.717, 1.165) is 25.9 Å². The Hall–Kier alpha value is -1.10. The van der Waals surface area contributed by atoms with Crippen LogP contribution in [0.15, 0.2) is 0 Å². The Balaban J connectivity index is 1.69. The summed E-state index contributed by atoms with van der Waals surface area (Å²) in [6.45, 7) is 2.16. The van der Waals surface area contributed by atoms with Crippen LogP contribution in [0.3, 0.4) is 0 Å². The number of hydrogen-bond donors (Lipinski definition) is 2. The van der Waals surface area contributed by atoms with Crippen LogP contribution in [-0.4, -0.2) is 47.6 Å². The van der Waals surface area contributed by atoms with Gasteiger partial charge in [-0.05, 0) is 31.6 Å². The molecule has 1 atom stereocenters. The summed E-state index contributed by atoms with van der Waals surface area (Å²) in [5, 5.41) is 12.1. The predicted octanol–water partition coefficient (Wildman–Crippen LogP) is 0.842. The monoisotopic (exact) mass is 254 g/mol. The maximum Gasteiger partial charge on any atom is 0.303 e. The van der Waals surface area contributed by atoms with E-state index in [0.29, 0.717) is 19.0 Å². The first-order valence-electron chi connectivity index (χ1n) is 6.88. The summed E-state index contributed by atoms with van der Waals surface area (Å²) in [6.07, 6.45) is 5.05. The fourth-order valence-corrected chi connectivity index (χ4v) is 2.53. The summed E-state index contributed by atoms with van der Waals surface area (Å²) in [4.78, 5) is 24.5. The van der Waals surface area contributed by atoms with Gasteiger partial charge >= 0.3 is 5.97 Å². The Labute approximate surface area is 108 Å². The van der Waals surface area contributed by atoms with Crippen molar-refractivity contribution in [3.05, 3.63) is 0 Å². The van der Waals surface area contributed by atoms with E-state index in [-0.39, 0.29) is 18.2 Å². The molecular weight excluding hydrogens is 232 g/mol. The van der Waals surface area contributed by atoms with Crippen LogP contribution in [0.25, 0.3) is 0 Å². The zero-order chi connectivity index (χ0) is 13.0. The van der Waals surface area contributed by atoms with Gasteiger partial charge in [0.25, 0.3) is 0 Å². The Morgan fingerprint density at radius 2 is 2.06 bits per heavy atom. The molecule has 1 aliphatic heterocycles. The second kappa shape index (κ2) is 6.18. The molecule has 102 valence electrons. The van der Waals surface area contributed by atoms with E-state index >= 15 is 0 Å². The highest BCUT2D eigenvalue weighted by Gasteiger charge is 2.25. The SMILES string of the molecule is O=C(O)CC1CCCN(C(=O)CCNC2CC2)C1. The number of carboxylic acids is 1. The first-order valence-corrected chi connectivity index (χ1v) is 6.88. The number of hydrogen-bond acceptors (Lipinski definition) is 3. The standard InChI is InChI=1S/C13H22N2O3/c16-12(5-6-14-11-3-4-11)15-7-1-2-10(9-15)8-13(17)18/h10-11,14H,1-9H2,(H,17,18). The normalized spacial score (nSPS) is 24.0. The smallest absolute Gasteiger partial charge is 0.303 e. The average molecular weight is 254 g/mol. The average Bonchev–Trinajstić information content (AvgIpc) is 3.12. The molecule has 1 aliphatic carbocycles. The number of rotatable bonds is 6. The third kappa shape index (κ3) is 4.29. The molecule has 1 unspecified atom stereocenters. The molecule has 2 rings (SSSR count). The Bertz CT molecular complexity index is 315. The van der Waals surface area contributed by atoms with Crippen molar-refractivity contribution in [3.63, 3.8) is 0 Å². The lowest BCUT2D eigenvalue weighted by atomic mass is 9.94. The van der Waals surface area contributed by atoms with Gasteiger partial charge in [0.2, 0.25) is 5.91 Å². The number of nitrogens with one attached hydrogen (secondary N) is 1. The summed E-state index contributed by atoms with van der Waals surface area (Å²) < 4.78 is 0. The van der Waals surface area contributed by atoms with Crippen LogP contribution >= 0.6 is 0 Å². The van der Waals surface area contributed by atoms with Crippen molar-refractivity contribution in [1.29, 1.82) is 0 Å². The molecule has 2 aliphatic rings. The van der Waals surface area contributed by atoms with Crippen molar-refractivity contribution in [1.82, 2.24) is 10.2 Å². The van der Waals surface area contributed by atoms with Gasteiger partial charge in [0.05, 0.1) is 0 Å². The fourth-order valence-electron chi connectivity index (χ4n) is 2.53. The van der Waals surface area contributed by atoms with Crippen molar-refractivity contribution < 1.29 is 14.7 Å². The summed E-state index contributed by atoms with van der Waals surface area (Å²) in [7, 11) is 0. The van der Waals surface area contributed by atoms with Crippen LogP contribution in [0, 0.1) is 5.92 Å². The summed E-state index contributed by atoms with van der Waals surface area (Å²) in [5.74, 6) is -0.459. The highest BCUT2D eigenvalue weighted by molar-refractivity contribution is 5.76. The topological polar surface area (TPSA) is 69.6 Å². The molecule has 0 spiro atoms. The van der Waals surface area contributed by atoms with Gasteiger partial charge in [0, 0.05) is 38.5 Å². The van der Waals surface area contributed by atoms with E-state index < -0.39 is 5.97 Å². The van der Waals surface area contributed by atoms with Crippen LogP contribution in [0.5, 0.6) is 0 Å². The maximum atomic E-state index is 12.0. The minimum Gasteiger partial charge on any atom is -0.481 e. The van der Waals surface area contributed by atoms with Gasteiger partial charge in [-0.3, -0.25) is 9.59 Å². The van der Waals surface area contributed by atoms with Gasteiger partial charge in [0.1, 0.15) is 0 Å². The largest absolute Gasteiger partial charge is 0.481 e. The fraction of sp³-hybridized carbons (Fsp3) is 0.846. The zero-order valence-corrected chi connectivity index (χ0v) is 10.7. The highest BCUT2D eigenvalue weighted by atomic mass is 16.4. The lowest BCUT2D eigenvalue weighted by Gasteiger charge is -2.32. The minimum atomic E-state index is -0.760. The first kappa shape index (κ1) is 13.3. The van der Waals surface area contributed by atoms with E-state index in [1.165, 1.54) is 12.8 Å². The lowest BCUT2D eigenvalue weighted by Crippen LogP contribution is -2.41. The van der Waals surface area contributed by atoms with Crippen molar-refractivity contribution >= 4 is 11.9 Å². The number of nitrogens with zero attached hydrogens (tertiary/aromatic N) is 1. The Morgan fingerprint density at radius 3 is 2.72 bits per heavy atom. The first-order chi connectivity index (χ1) is 8.65. The number of carboxylic acid groups (broad SMARTS) is 1. The van der Waals surface area contributed by atoms with Crippen LogP contribution in [0.4, 0.5) is 0 Å². The molecular formula is C13H22N2O3. The van der Waals surface area contributed by atoms with Crippen LogP contribution in [0.1, 0.15) is 38.5 Å². The number of carbonyl (C=O) groups excluding carboxylic acids is 1. The van der Waals surface area contributed by atoms with Gasteiger partial charge in [-0.2, -0.15) is 0 Å². The molecule has 0 aromatic carbocycles. The lowest BCUT2D eigenvalue weighted by molar-refractivity contribution is -0.140. The number of piperidine rings is 1. The van der Waals surface area contributed by atoms with E-state index in [1.54, 1.807) is 0 Å².